The van der Waals surface area contributed by atoms with Crippen molar-refractivity contribution in [3.63, 3.8) is 0 Å². The molecule has 0 amide bonds. The van der Waals surface area contributed by atoms with Gasteiger partial charge in [0.15, 0.2) is 0 Å². The van der Waals surface area contributed by atoms with Crippen LogP contribution in [0.3, 0.4) is 0 Å². The van der Waals surface area contributed by atoms with E-state index in [1.807, 2.05) is 42.7 Å². The number of ether oxygens (including phenoxy) is 1. The van der Waals surface area contributed by atoms with Crippen LogP contribution in [0.5, 0.6) is 5.75 Å². The minimum Gasteiger partial charge on any atom is -0.492 e. The van der Waals surface area contributed by atoms with E-state index < -0.39 is 0 Å². The Labute approximate surface area is 127 Å². The first-order chi connectivity index (χ1) is 10.2. The molecular weight excluding hydrogens is 290 g/mol. The van der Waals surface area contributed by atoms with Crippen molar-refractivity contribution in [3.8, 4) is 5.75 Å². The van der Waals surface area contributed by atoms with Crippen LogP contribution in [0.1, 0.15) is 24.2 Å². The fourth-order valence-corrected chi connectivity index (χ4v) is 2.58. The lowest BCUT2D eigenvalue weighted by Crippen LogP contribution is -2.04. The van der Waals surface area contributed by atoms with Crippen molar-refractivity contribution < 1.29 is 9.26 Å². The lowest BCUT2D eigenvalue weighted by Gasteiger charge is -2.06. The zero-order valence-corrected chi connectivity index (χ0v) is 12.7. The van der Waals surface area contributed by atoms with Crippen LogP contribution in [0.25, 0.3) is 11.0 Å². The fourth-order valence-electron chi connectivity index (χ4n) is 2.37. The molecule has 3 rings (SSSR count). The zero-order valence-electron chi connectivity index (χ0n) is 12.0. The molecule has 0 aliphatic heterocycles. The monoisotopic (exact) mass is 305 g/mol. The van der Waals surface area contributed by atoms with Crippen LogP contribution >= 0.6 is 11.6 Å². The summed E-state index contributed by atoms with van der Waals surface area (Å²) in [5.41, 5.74) is 2.66. The molecule has 0 spiro atoms. The number of aromatic nitrogens is 3. The molecule has 110 valence electrons. The Morgan fingerprint density at radius 2 is 2.24 bits per heavy atom. The summed E-state index contributed by atoms with van der Waals surface area (Å²) >= 11 is 6.04. The van der Waals surface area contributed by atoms with Crippen molar-refractivity contribution >= 4 is 22.6 Å². The summed E-state index contributed by atoms with van der Waals surface area (Å²) in [6, 6.07) is 7.79. The Bertz CT molecular complexity index is 763. The smallest absolute Gasteiger partial charge is 0.147 e. The van der Waals surface area contributed by atoms with E-state index in [0.717, 1.165) is 34.1 Å². The van der Waals surface area contributed by atoms with E-state index in [0.29, 0.717) is 19.0 Å². The number of aryl methyl sites for hydroxylation is 1. The highest BCUT2D eigenvalue weighted by atomic mass is 35.5. The Hall–Kier alpha value is -2.01. The Morgan fingerprint density at radius 1 is 1.38 bits per heavy atom. The first kappa shape index (κ1) is 13.9. The largest absolute Gasteiger partial charge is 0.492 e. The van der Waals surface area contributed by atoms with Crippen molar-refractivity contribution in [2.75, 3.05) is 6.61 Å². The van der Waals surface area contributed by atoms with Gasteiger partial charge in [0.05, 0.1) is 24.5 Å². The summed E-state index contributed by atoms with van der Waals surface area (Å²) in [6.45, 7) is 5.00. The predicted octanol–water partition coefficient (Wildman–Crippen LogP) is 3.52. The number of imidazole rings is 1. The van der Waals surface area contributed by atoms with Gasteiger partial charge in [-0.1, -0.05) is 11.2 Å². The molecule has 0 saturated carbocycles. The average molecular weight is 306 g/mol. The highest BCUT2D eigenvalue weighted by molar-refractivity contribution is 6.16. The normalized spacial score (nSPS) is 11.2. The third-order valence-electron chi connectivity index (χ3n) is 3.24. The van der Waals surface area contributed by atoms with Crippen LogP contribution in [0, 0.1) is 6.92 Å². The molecule has 2 aromatic heterocycles. The second-order valence-corrected chi connectivity index (χ2v) is 5.00. The van der Waals surface area contributed by atoms with Gasteiger partial charge in [0.2, 0.25) is 0 Å². The second kappa shape index (κ2) is 5.77. The first-order valence-corrected chi connectivity index (χ1v) is 7.35. The second-order valence-electron chi connectivity index (χ2n) is 4.73. The van der Waals surface area contributed by atoms with Crippen LogP contribution in [-0.2, 0) is 12.4 Å². The molecule has 1 aromatic carbocycles. The van der Waals surface area contributed by atoms with Crippen molar-refractivity contribution in [1.29, 1.82) is 0 Å². The van der Waals surface area contributed by atoms with E-state index in [4.69, 9.17) is 20.9 Å². The molecule has 0 bridgehead atoms. The summed E-state index contributed by atoms with van der Waals surface area (Å²) < 4.78 is 12.8. The topological polar surface area (TPSA) is 53.1 Å². The van der Waals surface area contributed by atoms with Gasteiger partial charge in [0, 0.05) is 6.07 Å². The summed E-state index contributed by atoms with van der Waals surface area (Å²) in [6.07, 6.45) is 0. The standard InChI is InChI=1S/C15H16ClN3O2/c1-3-20-13-6-4-5-12-15(13)17-14(8-16)19(12)9-11-7-10(2)21-18-11/h4-7H,3,8-9H2,1-2H3. The van der Waals surface area contributed by atoms with Gasteiger partial charge >= 0.3 is 0 Å². The molecule has 3 aromatic rings. The number of hydrogen-bond donors (Lipinski definition) is 0. The van der Waals surface area contributed by atoms with Gasteiger partial charge in [-0.25, -0.2) is 4.98 Å². The fraction of sp³-hybridized carbons (Fsp3) is 0.333. The molecule has 0 aliphatic rings. The van der Waals surface area contributed by atoms with E-state index in [2.05, 4.69) is 10.1 Å². The number of benzene rings is 1. The minimum atomic E-state index is 0.330. The lowest BCUT2D eigenvalue weighted by atomic mass is 10.3. The van der Waals surface area contributed by atoms with Crippen LogP contribution in [-0.4, -0.2) is 21.3 Å². The average Bonchev–Trinajstić information content (AvgIpc) is 3.05. The van der Waals surface area contributed by atoms with Crippen molar-refractivity contribution in [2.24, 2.45) is 0 Å². The molecule has 5 nitrogen and oxygen atoms in total. The summed E-state index contributed by atoms with van der Waals surface area (Å²) in [5.74, 6) is 2.68. The highest BCUT2D eigenvalue weighted by Gasteiger charge is 2.15. The Balaban J connectivity index is 2.09. The third-order valence-corrected chi connectivity index (χ3v) is 3.48. The predicted molar refractivity (Wildman–Crippen MR) is 80.8 cm³/mol. The lowest BCUT2D eigenvalue weighted by molar-refractivity contribution is 0.343. The number of rotatable bonds is 5. The number of nitrogens with zero attached hydrogens (tertiary/aromatic N) is 3. The Kier molecular flexibility index (Phi) is 3.84. The molecule has 0 fully saturated rings. The van der Waals surface area contributed by atoms with Gasteiger partial charge < -0.3 is 13.8 Å². The molecule has 0 aliphatic carbocycles. The first-order valence-electron chi connectivity index (χ1n) is 6.82. The zero-order chi connectivity index (χ0) is 14.8. The molecular formula is C15H16ClN3O2. The maximum absolute atomic E-state index is 6.04. The molecule has 0 radical (unpaired) electrons. The number of fused-ring (bicyclic) bond motifs is 1. The quantitative estimate of drug-likeness (QED) is 0.677. The molecule has 0 saturated heterocycles. The van der Waals surface area contributed by atoms with Crippen LogP contribution in [0.15, 0.2) is 28.8 Å². The van der Waals surface area contributed by atoms with E-state index in [-0.39, 0.29) is 0 Å². The van der Waals surface area contributed by atoms with Crippen molar-refractivity contribution in [1.82, 2.24) is 14.7 Å². The molecule has 6 heteroatoms. The Morgan fingerprint density at radius 3 is 2.90 bits per heavy atom. The summed E-state index contributed by atoms with van der Waals surface area (Å²) in [4.78, 5) is 4.60. The molecule has 21 heavy (non-hydrogen) atoms. The van der Waals surface area contributed by atoms with Crippen molar-refractivity contribution in [2.45, 2.75) is 26.3 Å². The van der Waals surface area contributed by atoms with Crippen molar-refractivity contribution in [3.05, 3.63) is 41.5 Å². The van der Waals surface area contributed by atoms with E-state index in [1.54, 1.807) is 0 Å². The van der Waals surface area contributed by atoms with Crippen LogP contribution in [0.2, 0.25) is 0 Å². The van der Waals surface area contributed by atoms with Gasteiger partial charge in [-0.15, -0.1) is 11.6 Å². The number of para-hydroxylation sites is 1. The van der Waals surface area contributed by atoms with Gasteiger partial charge in [-0.3, -0.25) is 0 Å². The third kappa shape index (κ3) is 2.61. The number of halogens is 1. The maximum Gasteiger partial charge on any atom is 0.147 e. The summed E-state index contributed by atoms with van der Waals surface area (Å²) in [7, 11) is 0. The SMILES string of the molecule is CCOc1cccc2c1nc(CCl)n2Cc1cc(C)on1. The van der Waals surface area contributed by atoms with E-state index in [1.165, 1.54) is 0 Å². The number of alkyl halides is 1. The minimum absolute atomic E-state index is 0.330. The van der Waals surface area contributed by atoms with E-state index in [9.17, 15) is 0 Å². The van der Waals surface area contributed by atoms with Crippen LogP contribution < -0.4 is 4.74 Å². The summed E-state index contributed by atoms with van der Waals surface area (Å²) in [5, 5.41) is 4.03. The molecule has 2 heterocycles. The van der Waals surface area contributed by atoms with E-state index >= 15 is 0 Å². The molecule has 0 unspecified atom stereocenters. The number of hydrogen-bond acceptors (Lipinski definition) is 4. The van der Waals surface area contributed by atoms with Gasteiger partial charge in [-0.2, -0.15) is 0 Å². The van der Waals surface area contributed by atoms with Gasteiger partial charge in [0.25, 0.3) is 0 Å². The highest BCUT2D eigenvalue weighted by Crippen LogP contribution is 2.27. The van der Waals surface area contributed by atoms with Gasteiger partial charge in [0.1, 0.15) is 28.5 Å². The maximum atomic E-state index is 6.04. The molecule has 0 N–H and O–H groups in total. The molecule has 0 atom stereocenters. The van der Waals surface area contributed by atoms with Crippen LogP contribution in [0.4, 0.5) is 0 Å². The van der Waals surface area contributed by atoms with Gasteiger partial charge in [-0.05, 0) is 26.0 Å².